The lowest BCUT2D eigenvalue weighted by atomic mass is 9.71. The van der Waals surface area contributed by atoms with E-state index in [1.807, 2.05) is 42.9 Å². The molecule has 1 fully saturated rings. The van der Waals surface area contributed by atoms with Gasteiger partial charge in [-0.3, -0.25) is 4.79 Å². The number of nitrogens with two attached hydrogens (primary N) is 1. The average molecular weight is 509 g/mol. The van der Waals surface area contributed by atoms with Crippen molar-refractivity contribution >= 4 is 22.6 Å². The van der Waals surface area contributed by atoms with Gasteiger partial charge in [0.05, 0.1) is 0 Å². The summed E-state index contributed by atoms with van der Waals surface area (Å²) >= 11 is 0. The van der Waals surface area contributed by atoms with Gasteiger partial charge in [0, 0.05) is 61.5 Å². The maximum atomic E-state index is 14.2. The number of nitro groups is 1. The van der Waals surface area contributed by atoms with Gasteiger partial charge < -0.3 is 10.3 Å². The largest absolute Gasteiger partial charge is 0.460 e. The van der Waals surface area contributed by atoms with Crippen LogP contribution in [-0.4, -0.2) is 51.7 Å². The number of piperidine rings is 1. The number of rotatable bonds is 8. The molecule has 3 N–H and O–H groups in total. The van der Waals surface area contributed by atoms with Gasteiger partial charge in [-0.15, -0.1) is 0 Å². The number of carbonyl (C=O) groups is 1. The predicted molar refractivity (Wildman–Crippen MR) is 129 cm³/mol. The molecule has 12 heteroatoms. The monoisotopic (exact) mass is 508 g/mol. The first-order valence-corrected chi connectivity index (χ1v) is 12.1. The van der Waals surface area contributed by atoms with E-state index in [-0.39, 0.29) is 43.1 Å². The topological polar surface area (TPSA) is 119 Å². The molecule has 0 unspecified atom stereocenters. The van der Waals surface area contributed by atoms with Crippen molar-refractivity contribution in [3.63, 3.8) is 0 Å². The van der Waals surface area contributed by atoms with Gasteiger partial charge in [-0.1, -0.05) is 24.5 Å². The van der Waals surface area contributed by atoms with Crippen LogP contribution in [0.2, 0.25) is 0 Å². The van der Waals surface area contributed by atoms with E-state index in [2.05, 4.69) is 4.99 Å². The van der Waals surface area contributed by atoms with Crippen LogP contribution < -0.4 is 11.2 Å². The molecule has 1 aliphatic carbocycles. The number of hydrogen-bond donors (Lipinski definition) is 2. The van der Waals surface area contributed by atoms with Crippen LogP contribution in [0, 0.1) is 22.0 Å². The lowest BCUT2D eigenvalue weighted by molar-refractivity contribution is -0.525. The zero-order valence-electron chi connectivity index (χ0n) is 20.3. The molecule has 0 spiro atoms. The number of fused-ring (bicyclic) bond motifs is 2. The molecule has 2 heterocycles. The number of hydrazine groups is 1. The number of nitrogens with zero attached hydrogens (tertiary/aromatic N) is 4. The highest BCUT2D eigenvalue weighted by Crippen LogP contribution is 2.48. The molecule has 9 nitrogen and oxygen atoms in total. The highest BCUT2D eigenvalue weighted by molar-refractivity contribution is 5.89. The fourth-order valence-electron chi connectivity index (χ4n) is 5.88. The van der Waals surface area contributed by atoms with Crippen molar-refractivity contribution < 1.29 is 23.0 Å². The fourth-order valence-corrected chi connectivity index (χ4v) is 5.88. The number of Topliss-reactive ketones (excluding diaryl/α,β-unsaturated/α-hetero) is 1. The van der Waals surface area contributed by atoms with E-state index >= 15 is 0 Å². The molecule has 0 bridgehead atoms. The highest BCUT2D eigenvalue weighted by Gasteiger charge is 2.51. The number of halogens is 3. The molecule has 2 aliphatic rings. The molecule has 1 aliphatic heterocycles. The van der Waals surface area contributed by atoms with Crippen LogP contribution in [0.5, 0.6) is 0 Å². The molecule has 1 saturated heterocycles. The molecule has 2 aromatic rings. The van der Waals surface area contributed by atoms with Gasteiger partial charge in [0.25, 0.3) is 5.96 Å². The van der Waals surface area contributed by atoms with Gasteiger partial charge in [0.2, 0.25) is 0 Å². The van der Waals surface area contributed by atoms with Crippen LogP contribution >= 0.6 is 0 Å². The van der Waals surface area contributed by atoms with Gasteiger partial charge in [0.1, 0.15) is 5.78 Å². The van der Waals surface area contributed by atoms with Crippen LogP contribution in [-0.2, 0) is 18.3 Å². The second-order valence-corrected chi connectivity index (χ2v) is 9.99. The molecular weight excluding hydrogens is 477 g/mol. The first-order valence-electron chi connectivity index (χ1n) is 12.1. The Labute approximate surface area is 206 Å². The molecule has 1 aromatic carbocycles. The Balaban J connectivity index is 1.46. The summed E-state index contributed by atoms with van der Waals surface area (Å²) in [5.74, 6) is -1.57. The third kappa shape index (κ3) is 5.32. The van der Waals surface area contributed by atoms with Crippen molar-refractivity contribution in [1.29, 1.82) is 0 Å². The van der Waals surface area contributed by atoms with E-state index in [1.165, 1.54) is 0 Å². The van der Waals surface area contributed by atoms with Gasteiger partial charge in [-0.25, -0.2) is 20.0 Å². The minimum absolute atomic E-state index is 0.0510. The second-order valence-electron chi connectivity index (χ2n) is 9.99. The number of carbonyl (C=O) groups excluding carboxylic acids is 1. The first kappa shape index (κ1) is 25.9. The van der Waals surface area contributed by atoms with Crippen molar-refractivity contribution in [3.8, 4) is 0 Å². The van der Waals surface area contributed by atoms with E-state index in [0.29, 0.717) is 30.6 Å². The zero-order valence-corrected chi connectivity index (χ0v) is 20.3. The Hall–Kier alpha value is -3.15. The molecular formula is C24H31F3N6O3. The summed E-state index contributed by atoms with van der Waals surface area (Å²) in [7, 11) is 1.90. The van der Waals surface area contributed by atoms with Crippen LogP contribution in [0.3, 0.4) is 0 Å². The summed E-state index contributed by atoms with van der Waals surface area (Å²) in [6.07, 6.45) is -0.547. The number of aliphatic imine (C=N–C) groups is 1. The van der Waals surface area contributed by atoms with Crippen LogP contribution in [0.4, 0.5) is 13.2 Å². The van der Waals surface area contributed by atoms with Crippen molar-refractivity contribution in [2.45, 2.75) is 57.3 Å². The maximum Gasteiger partial charge on any atom is 0.460 e. The van der Waals surface area contributed by atoms with Gasteiger partial charge in [-0.2, -0.15) is 13.2 Å². The van der Waals surface area contributed by atoms with Crippen molar-refractivity contribution in [2.24, 2.45) is 29.6 Å². The molecule has 0 amide bonds. The maximum absolute atomic E-state index is 14.2. The number of aryl methyl sites for hydroxylation is 1. The summed E-state index contributed by atoms with van der Waals surface area (Å²) in [5.41, 5.74) is 9.96. The number of benzene rings is 1. The highest BCUT2D eigenvalue weighted by atomic mass is 19.4. The summed E-state index contributed by atoms with van der Waals surface area (Å²) in [5, 5.41) is 10.6. The average Bonchev–Trinajstić information content (AvgIpc) is 3.11. The van der Waals surface area contributed by atoms with E-state index in [4.69, 9.17) is 5.73 Å². The Morgan fingerprint density at radius 2 is 2.14 bits per heavy atom. The number of nitrogens with one attached hydrogen (secondary N) is 1. The number of hydrogen-bond acceptors (Lipinski definition) is 5. The Morgan fingerprint density at radius 3 is 2.83 bits per heavy atom. The van der Waals surface area contributed by atoms with E-state index < -0.39 is 23.3 Å². The summed E-state index contributed by atoms with van der Waals surface area (Å²) in [6, 6.07) is 5.05. The van der Waals surface area contributed by atoms with Crippen molar-refractivity contribution in [1.82, 2.24) is 14.9 Å². The summed E-state index contributed by atoms with van der Waals surface area (Å²) in [6.45, 7) is 1.82. The first-order chi connectivity index (χ1) is 17.0. The predicted octanol–water partition coefficient (Wildman–Crippen LogP) is 3.50. The minimum Gasteiger partial charge on any atom is -0.365 e. The molecule has 4 atom stereocenters. The van der Waals surface area contributed by atoms with Crippen LogP contribution in [0.1, 0.15) is 49.7 Å². The Morgan fingerprint density at radius 1 is 1.39 bits per heavy atom. The SMILES string of the molecule is C[C@H](CCCN=C(N)N[N+](=O)[O-])CC(=O)[C@@H]1C[C@@H]2c3cccc4c3c(cn4C)C[C@H]2N(C(F)(F)F)C1. The molecule has 196 valence electrons. The third-order valence-corrected chi connectivity index (χ3v) is 7.45. The minimum atomic E-state index is -4.52. The number of likely N-dealkylation sites (tertiary alicyclic amines) is 1. The molecule has 1 aromatic heterocycles. The van der Waals surface area contributed by atoms with Gasteiger partial charge in [-0.05, 0) is 48.8 Å². The fraction of sp³-hybridized carbons (Fsp3) is 0.583. The standard InChI is InChI=1S/C24H31F3N6O3/c1-14(5-4-8-29-23(28)30-33(35)36)9-21(34)15-10-18-17-6-3-7-19-22(17)16(12-31(19)2)11-20(18)32(13-15)24(25,26)27/h3,6-7,12,14-15,18,20H,4-5,8-11,13H2,1-2H3,(H3,28,29,30)/t14-,15-,18-,20-/m1/s1. The Kier molecular flexibility index (Phi) is 7.26. The lowest BCUT2D eigenvalue weighted by Crippen LogP contribution is -2.57. The summed E-state index contributed by atoms with van der Waals surface area (Å²) in [4.78, 5) is 27.9. The van der Waals surface area contributed by atoms with E-state index in [1.54, 1.807) is 5.43 Å². The lowest BCUT2D eigenvalue weighted by Gasteiger charge is -2.47. The van der Waals surface area contributed by atoms with E-state index in [9.17, 15) is 28.1 Å². The third-order valence-electron chi connectivity index (χ3n) is 7.45. The molecule has 4 rings (SSSR count). The van der Waals surface area contributed by atoms with Gasteiger partial charge in [0.15, 0.2) is 5.03 Å². The molecule has 0 radical (unpaired) electrons. The number of aromatic nitrogens is 1. The van der Waals surface area contributed by atoms with Crippen LogP contribution in [0.15, 0.2) is 29.4 Å². The van der Waals surface area contributed by atoms with Gasteiger partial charge >= 0.3 is 6.30 Å². The molecule has 36 heavy (non-hydrogen) atoms. The van der Waals surface area contributed by atoms with Crippen LogP contribution in [0.25, 0.3) is 10.9 Å². The van der Waals surface area contributed by atoms with E-state index in [0.717, 1.165) is 22.0 Å². The summed E-state index contributed by atoms with van der Waals surface area (Å²) < 4.78 is 44.5. The van der Waals surface area contributed by atoms with Crippen molar-refractivity contribution in [2.75, 3.05) is 13.1 Å². The quantitative estimate of drug-likeness (QED) is 0.141. The van der Waals surface area contributed by atoms with Crippen molar-refractivity contribution in [3.05, 3.63) is 45.6 Å². The number of alkyl halides is 3. The molecule has 0 saturated carbocycles. The smallest absolute Gasteiger partial charge is 0.365 e. The number of ketones is 1. The second kappa shape index (κ2) is 10.1. The Bertz CT molecular complexity index is 1180. The normalized spacial score (nSPS) is 23.4. The zero-order chi connectivity index (χ0) is 26.2. The number of guanidine groups is 1.